The van der Waals surface area contributed by atoms with Gasteiger partial charge in [0.15, 0.2) is 10.9 Å². The molecule has 2 aromatic heterocycles. The summed E-state index contributed by atoms with van der Waals surface area (Å²) in [6.07, 6.45) is 1.38. The van der Waals surface area contributed by atoms with Gasteiger partial charge in [0.05, 0.1) is 18.4 Å². The van der Waals surface area contributed by atoms with Gasteiger partial charge in [-0.2, -0.15) is 0 Å². The molecule has 9 heteroatoms. The number of anilines is 1. The van der Waals surface area contributed by atoms with Gasteiger partial charge in [-0.25, -0.2) is 13.8 Å². The quantitative estimate of drug-likeness (QED) is 0.698. The number of nitrogens with one attached hydrogen (secondary N) is 1. The van der Waals surface area contributed by atoms with Crippen molar-refractivity contribution in [2.24, 2.45) is 0 Å². The van der Waals surface area contributed by atoms with Crippen molar-refractivity contribution in [3.63, 3.8) is 0 Å². The van der Waals surface area contributed by atoms with Crippen LogP contribution in [0, 0.1) is 11.6 Å². The Morgan fingerprint density at radius 1 is 1.30 bits per heavy atom. The minimum Gasteiger partial charge on any atom is -0.459 e. The van der Waals surface area contributed by atoms with Gasteiger partial charge in [-0.3, -0.25) is 14.9 Å². The second-order valence-corrected chi connectivity index (χ2v) is 6.60. The third-order valence-electron chi connectivity index (χ3n) is 3.70. The van der Waals surface area contributed by atoms with Gasteiger partial charge in [0, 0.05) is 30.6 Å². The lowest BCUT2D eigenvalue weighted by atomic mass is 10.2. The third-order valence-corrected chi connectivity index (χ3v) is 4.50. The number of hydrogen-bond acceptors (Lipinski definition) is 5. The van der Waals surface area contributed by atoms with Crippen molar-refractivity contribution in [1.82, 2.24) is 9.88 Å². The third kappa shape index (κ3) is 4.76. The zero-order valence-corrected chi connectivity index (χ0v) is 15.1. The maximum atomic E-state index is 13.7. The topological polar surface area (TPSA) is 75.4 Å². The Bertz CT molecular complexity index is 957. The first-order valence-corrected chi connectivity index (χ1v) is 8.77. The van der Waals surface area contributed by atoms with Crippen LogP contribution in [-0.2, 0) is 17.8 Å². The molecule has 3 rings (SSSR count). The van der Waals surface area contributed by atoms with E-state index in [2.05, 4.69) is 10.3 Å². The molecule has 0 atom stereocenters. The van der Waals surface area contributed by atoms with Gasteiger partial charge in [0.25, 0.3) is 5.91 Å². The van der Waals surface area contributed by atoms with Crippen LogP contribution in [0.1, 0.15) is 21.8 Å². The minimum absolute atomic E-state index is 0.00750. The highest BCUT2D eigenvalue weighted by molar-refractivity contribution is 7.14. The van der Waals surface area contributed by atoms with Gasteiger partial charge in [-0.05, 0) is 18.2 Å². The molecule has 0 fully saturated rings. The number of furan rings is 1. The Morgan fingerprint density at radius 2 is 2.11 bits per heavy atom. The Balaban J connectivity index is 1.57. The maximum Gasteiger partial charge on any atom is 0.293 e. The van der Waals surface area contributed by atoms with Crippen LogP contribution in [0.4, 0.5) is 13.9 Å². The monoisotopic (exact) mass is 391 g/mol. The highest BCUT2D eigenvalue weighted by atomic mass is 32.1. The smallest absolute Gasteiger partial charge is 0.293 e. The number of benzene rings is 1. The molecule has 1 N–H and O–H groups in total. The lowest BCUT2D eigenvalue weighted by Gasteiger charge is -2.17. The molecule has 0 saturated carbocycles. The van der Waals surface area contributed by atoms with Crippen LogP contribution in [0.5, 0.6) is 0 Å². The Labute approximate surface area is 157 Å². The van der Waals surface area contributed by atoms with Crippen LogP contribution in [-0.4, -0.2) is 28.7 Å². The molecule has 0 spiro atoms. The Hall–Kier alpha value is -3.07. The van der Waals surface area contributed by atoms with Crippen LogP contribution < -0.4 is 5.32 Å². The van der Waals surface area contributed by atoms with E-state index in [1.54, 1.807) is 11.4 Å². The van der Waals surface area contributed by atoms with Gasteiger partial charge in [-0.1, -0.05) is 6.07 Å². The lowest BCUT2D eigenvalue weighted by molar-refractivity contribution is -0.129. The highest BCUT2D eigenvalue weighted by Crippen LogP contribution is 2.18. The number of aromatic nitrogens is 1. The van der Waals surface area contributed by atoms with E-state index < -0.39 is 17.5 Å². The number of carbonyl (C=O) groups is 2. The van der Waals surface area contributed by atoms with Crippen molar-refractivity contribution < 1.29 is 22.8 Å². The van der Waals surface area contributed by atoms with Gasteiger partial charge in [0.1, 0.15) is 11.6 Å². The normalized spacial score (nSPS) is 10.6. The number of amides is 2. The zero-order chi connectivity index (χ0) is 19.4. The Morgan fingerprint density at radius 3 is 2.81 bits per heavy atom. The fourth-order valence-corrected chi connectivity index (χ4v) is 3.00. The van der Waals surface area contributed by atoms with Crippen LogP contribution >= 0.6 is 11.3 Å². The van der Waals surface area contributed by atoms with Crippen molar-refractivity contribution >= 4 is 28.3 Å². The SMILES string of the molecule is CN(Cc1ccc(F)cc1F)C(=O)Cc1csc(NC(=O)c2ccco2)n1. The molecule has 0 aliphatic rings. The van der Waals surface area contributed by atoms with Crippen LogP contribution in [0.25, 0.3) is 0 Å². The molecular formula is C18H15F2N3O3S. The van der Waals surface area contributed by atoms with E-state index in [1.807, 2.05) is 0 Å². The van der Waals surface area contributed by atoms with Gasteiger partial charge in [0.2, 0.25) is 5.91 Å². The van der Waals surface area contributed by atoms with E-state index in [-0.39, 0.29) is 30.2 Å². The van der Waals surface area contributed by atoms with Crippen molar-refractivity contribution in [2.45, 2.75) is 13.0 Å². The zero-order valence-electron chi connectivity index (χ0n) is 14.2. The summed E-state index contributed by atoms with van der Waals surface area (Å²) in [6.45, 7) is 0.0111. The molecule has 0 unspecified atom stereocenters. The predicted octanol–water partition coefficient (Wildman–Crippen LogP) is 3.47. The number of halogens is 2. The van der Waals surface area contributed by atoms with E-state index >= 15 is 0 Å². The summed E-state index contributed by atoms with van der Waals surface area (Å²) in [5.74, 6) is -1.93. The van der Waals surface area contributed by atoms with Crippen molar-refractivity contribution in [3.8, 4) is 0 Å². The van der Waals surface area contributed by atoms with Crippen molar-refractivity contribution in [2.75, 3.05) is 12.4 Å². The summed E-state index contributed by atoms with van der Waals surface area (Å²) >= 11 is 1.18. The fraction of sp³-hybridized carbons (Fsp3) is 0.167. The predicted molar refractivity (Wildman–Crippen MR) is 95.3 cm³/mol. The van der Waals surface area contributed by atoms with Crippen LogP contribution in [0.3, 0.4) is 0 Å². The molecule has 0 bridgehead atoms. The second-order valence-electron chi connectivity index (χ2n) is 5.74. The molecule has 1 aromatic carbocycles. The fourth-order valence-electron chi connectivity index (χ4n) is 2.30. The molecule has 3 aromatic rings. The standard InChI is InChI=1S/C18H15F2N3O3S/c1-23(9-11-4-5-12(19)7-14(11)20)16(24)8-13-10-27-18(21-13)22-17(25)15-3-2-6-26-15/h2-7,10H,8-9H2,1H3,(H,21,22,25). The molecule has 2 heterocycles. The molecule has 0 aliphatic heterocycles. The lowest BCUT2D eigenvalue weighted by Crippen LogP contribution is -2.28. The summed E-state index contributed by atoms with van der Waals surface area (Å²) in [5.41, 5.74) is 0.697. The number of thiazole rings is 1. The summed E-state index contributed by atoms with van der Waals surface area (Å²) in [5, 5.41) is 4.58. The number of nitrogens with zero attached hydrogens (tertiary/aromatic N) is 2. The molecule has 140 valence electrons. The maximum absolute atomic E-state index is 13.7. The van der Waals surface area contributed by atoms with Gasteiger partial charge >= 0.3 is 0 Å². The van der Waals surface area contributed by atoms with Crippen molar-refractivity contribution in [1.29, 1.82) is 0 Å². The number of hydrogen-bond donors (Lipinski definition) is 1. The van der Waals surface area contributed by atoms with Crippen molar-refractivity contribution in [3.05, 3.63) is 70.6 Å². The molecule has 6 nitrogen and oxygen atoms in total. The minimum atomic E-state index is -0.703. The first-order valence-electron chi connectivity index (χ1n) is 7.89. The average molecular weight is 391 g/mol. The molecule has 0 radical (unpaired) electrons. The first kappa shape index (κ1) is 18.7. The number of rotatable bonds is 6. The molecule has 0 saturated heterocycles. The van der Waals surface area contributed by atoms with Crippen LogP contribution in [0.15, 0.2) is 46.4 Å². The van der Waals surface area contributed by atoms with Gasteiger partial charge < -0.3 is 9.32 Å². The molecule has 27 heavy (non-hydrogen) atoms. The molecule has 0 aliphatic carbocycles. The summed E-state index contributed by atoms with van der Waals surface area (Å²) < 4.78 is 31.6. The van der Waals surface area contributed by atoms with Crippen LogP contribution in [0.2, 0.25) is 0 Å². The summed E-state index contributed by atoms with van der Waals surface area (Å²) in [7, 11) is 1.52. The number of carbonyl (C=O) groups excluding carboxylic acids is 2. The molecular weight excluding hydrogens is 376 g/mol. The Kier molecular flexibility index (Phi) is 5.60. The largest absolute Gasteiger partial charge is 0.459 e. The molecule has 2 amide bonds. The summed E-state index contributed by atoms with van der Waals surface area (Å²) in [4.78, 5) is 29.7. The second kappa shape index (κ2) is 8.09. The van der Waals surface area contributed by atoms with Gasteiger partial charge in [-0.15, -0.1) is 11.3 Å². The first-order chi connectivity index (χ1) is 12.9. The van der Waals surface area contributed by atoms with E-state index in [4.69, 9.17) is 4.42 Å². The van der Waals surface area contributed by atoms with E-state index in [0.29, 0.717) is 10.8 Å². The average Bonchev–Trinajstić information content (AvgIpc) is 3.29. The highest BCUT2D eigenvalue weighted by Gasteiger charge is 2.16. The van der Waals surface area contributed by atoms with E-state index in [0.717, 1.165) is 12.1 Å². The van der Waals surface area contributed by atoms with E-state index in [9.17, 15) is 18.4 Å². The number of likely N-dealkylation sites (N-methyl/N-ethyl adjacent to an activating group) is 1. The van der Waals surface area contributed by atoms with E-state index in [1.165, 1.54) is 41.7 Å². The summed E-state index contributed by atoms with van der Waals surface area (Å²) in [6, 6.07) is 6.35.